The first-order chi connectivity index (χ1) is 8.65. The molecule has 0 aromatic rings. The molecule has 3 unspecified atom stereocenters. The van der Waals surface area contributed by atoms with Crippen molar-refractivity contribution in [3.8, 4) is 0 Å². The first-order valence-corrected chi connectivity index (χ1v) is 8.13. The largest absolute Gasteiger partial charge is 0.311 e. The summed E-state index contributed by atoms with van der Waals surface area (Å²) >= 11 is 0. The van der Waals surface area contributed by atoms with Gasteiger partial charge in [-0.15, -0.1) is 0 Å². The highest BCUT2D eigenvalue weighted by Gasteiger charge is 2.29. The minimum absolute atomic E-state index is 0.701. The lowest BCUT2D eigenvalue weighted by Gasteiger charge is -2.43. The van der Waals surface area contributed by atoms with Gasteiger partial charge in [0.2, 0.25) is 0 Å². The van der Waals surface area contributed by atoms with Crippen molar-refractivity contribution in [2.45, 2.75) is 72.4 Å². The summed E-state index contributed by atoms with van der Waals surface area (Å²) in [5.74, 6) is 1.68. The Labute approximate surface area is 115 Å². The fourth-order valence-electron chi connectivity index (χ4n) is 3.05. The molecule has 0 aromatic carbocycles. The van der Waals surface area contributed by atoms with E-state index >= 15 is 0 Å². The second kappa shape index (κ2) is 8.16. The van der Waals surface area contributed by atoms with E-state index in [1.165, 1.54) is 45.3 Å². The molecule has 3 atom stereocenters. The average molecular weight is 254 g/mol. The van der Waals surface area contributed by atoms with Crippen molar-refractivity contribution in [3.63, 3.8) is 0 Å². The Kier molecular flexibility index (Phi) is 7.25. The van der Waals surface area contributed by atoms with Gasteiger partial charge in [-0.1, -0.05) is 53.9 Å². The summed E-state index contributed by atoms with van der Waals surface area (Å²) < 4.78 is 0. The maximum atomic E-state index is 3.77. The molecule has 0 bridgehead atoms. The van der Waals surface area contributed by atoms with Crippen molar-refractivity contribution in [1.82, 2.24) is 10.2 Å². The Balaban J connectivity index is 2.58. The van der Waals surface area contributed by atoms with Gasteiger partial charge in [0, 0.05) is 31.7 Å². The van der Waals surface area contributed by atoms with Gasteiger partial charge in [0.1, 0.15) is 0 Å². The van der Waals surface area contributed by atoms with Crippen molar-refractivity contribution in [2.24, 2.45) is 11.8 Å². The fraction of sp³-hybridized carbons (Fsp3) is 1.00. The number of hydrogen-bond acceptors (Lipinski definition) is 2. The van der Waals surface area contributed by atoms with Crippen molar-refractivity contribution >= 4 is 0 Å². The van der Waals surface area contributed by atoms with Gasteiger partial charge in [-0.25, -0.2) is 0 Å². The lowest BCUT2D eigenvalue weighted by molar-refractivity contribution is 0.0877. The van der Waals surface area contributed by atoms with Crippen LogP contribution in [0.25, 0.3) is 0 Å². The van der Waals surface area contributed by atoms with Crippen LogP contribution >= 0.6 is 0 Å². The smallest absolute Gasteiger partial charge is 0.0221 e. The zero-order chi connectivity index (χ0) is 13.5. The predicted octanol–water partition coefficient (Wildman–Crippen LogP) is 3.52. The summed E-state index contributed by atoms with van der Waals surface area (Å²) in [7, 11) is 0. The summed E-state index contributed by atoms with van der Waals surface area (Å²) in [5.41, 5.74) is 0. The number of nitrogens with zero attached hydrogens (tertiary/aromatic N) is 1. The van der Waals surface area contributed by atoms with E-state index in [1.807, 2.05) is 0 Å². The van der Waals surface area contributed by atoms with E-state index < -0.39 is 0 Å². The molecule has 1 saturated heterocycles. The van der Waals surface area contributed by atoms with Crippen LogP contribution in [0.1, 0.15) is 60.3 Å². The third-order valence-electron chi connectivity index (χ3n) is 5.01. The summed E-state index contributed by atoms with van der Waals surface area (Å²) in [5, 5.41) is 3.77. The Morgan fingerprint density at radius 3 is 2.28 bits per heavy atom. The molecule has 0 aromatic heterocycles. The molecule has 18 heavy (non-hydrogen) atoms. The Bertz CT molecular complexity index is 213. The van der Waals surface area contributed by atoms with Crippen molar-refractivity contribution in [3.05, 3.63) is 0 Å². The average Bonchev–Trinajstić information content (AvgIpc) is 2.43. The van der Waals surface area contributed by atoms with E-state index in [0.29, 0.717) is 6.04 Å². The van der Waals surface area contributed by atoms with Gasteiger partial charge in [0.15, 0.2) is 0 Å². The first kappa shape index (κ1) is 16.0. The van der Waals surface area contributed by atoms with E-state index in [2.05, 4.69) is 44.8 Å². The normalized spacial score (nSPS) is 27.7. The number of hydrogen-bond donors (Lipinski definition) is 1. The molecular formula is C16H34N2. The van der Waals surface area contributed by atoms with Crippen LogP contribution in [-0.2, 0) is 0 Å². The Morgan fingerprint density at radius 2 is 1.78 bits per heavy atom. The topological polar surface area (TPSA) is 15.3 Å². The summed E-state index contributed by atoms with van der Waals surface area (Å²) in [6, 6.07) is 1.46. The minimum Gasteiger partial charge on any atom is -0.311 e. The molecular weight excluding hydrogens is 220 g/mol. The summed E-state index contributed by atoms with van der Waals surface area (Å²) in [4.78, 5) is 2.77. The summed E-state index contributed by atoms with van der Waals surface area (Å²) in [6.07, 6.45) is 5.21. The van der Waals surface area contributed by atoms with Crippen LogP contribution in [0, 0.1) is 11.8 Å². The highest BCUT2D eigenvalue weighted by molar-refractivity contribution is 4.88. The van der Waals surface area contributed by atoms with Gasteiger partial charge in [0.25, 0.3) is 0 Å². The van der Waals surface area contributed by atoms with Crippen molar-refractivity contribution in [1.29, 1.82) is 0 Å². The van der Waals surface area contributed by atoms with Crippen molar-refractivity contribution < 1.29 is 0 Å². The molecule has 1 N–H and O–H groups in total. The van der Waals surface area contributed by atoms with E-state index in [0.717, 1.165) is 17.9 Å². The second-order valence-electron chi connectivity index (χ2n) is 6.10. The van der Waals surface area contributed by atoms with E-state index in [9.17, 15) is 0 Å². The van der Waals surface area contributed by atoms with Crippen LogP contribution in [0.15, 0.2) is 0 Å². The number of nitrogens with one attached hydrogen (secondary N) is 1. The second-order valence-corrected chi connectivity index (χ2v) is 6.10. The van der Waals surface area contributed by atoms with Crippen LogP contribution in [-0.4, -0.2) is 36.6 Å². The minimum atomic E-state index is 0.701. The molecule has 1 aliphatic heterocycles. The van der Waals surface area contributed by atoms with Gasteiger partial charge >= 0.3 is 0 Å². The third-order valence-corrected chi connectivity index (χ3v) is 5.01. The monoisotopic (exact) mass is 254 g/mol. The third kappa shape index (κ3) is 4.24. The van der Waals surface area contributed by atoms with Crippen LogP contribution in [0.2, 0.25) is 0 Å². The molecule has 0 spiro atoms. The van der Waals surface area contributed by atoms with Gasteiger partial charge in [-0.05, 0) is 18.3 Å². The zero-order valence-electron chi connectivity index (χ0n) is 13.2. The van der Waals surface area contributed by atoms with Gasteiger partial charge in [0.05, 0.1) is 0 Å². The SMILES string of the molecule is CCC(CC)CN1CC(C(C)CC)NCC1CC. The summed E-state index contributed by atoms with van der Waals surface area (Å²) in [6.45, 7) is 15.4. The molecule has 0 saturated carbocycles. The maximum Gasteiger partial charge on any atom is 0.0221 e. The molecule has 1 rings (SSSR count). The van der Waals surface area contributed by atoms with E-state index in [4.69, 9.17) is 0 Å². The van der Waals surface area contributed by atoms with Crippen LogP contribution in [0.3, 0.4) is 0 Å². The van der Waals surface area contributed by atoms with Gasteiger partial charge in [-0.2, -0.15) is 0 Å². The lowest BCUT2D eigenvalue weighted by Crippen LogP contribution is -2.58. The predicted molar refractivity (Wildman–Crippen MR) is 81.0 cm³/mol. The fourth-order valence-corrected chi connectivity index (χ4v) is 3.05. The molecule has 0 radical (unpaired) electrons. The molecule has 2 heteroatoms. The quantitative estimate of drug-likeness (QED) is 0.748. The maximum absolute atomic E-state index is 3.77. The van der Waals surface area contributed by atoms with Crippen molar-refractivity contribution in [2.75, 3.05) is 19.6 Å². The van der Waals surface area contributed by atoms with Crippen LogP contribution < -0.4 is 5.32 Å². The van der Waals surface area contributed by atoms with Crippen LogP contribution in [0.5, 0.6) is 0 Å². The highest BCUT2D eigenvalue weighted by Crippen LogP contribution is 2.20. The number of rotatable bonds is 7. The molecule has 0 aliphatic carbocycles. The molecule has 2 nitrogen and oxygen atoms in total. The number of piperazine rings is 1. The highest BCUT2D eigenvalue weighted by atomic mass is 15.2. The van der Waals surface area contributed by atoms with E-state index in [1.54, 1.807) is 0 Å². The first-order valence-electron chi connectivity index (χ1n) is 8.13. The Hall–Kier alpha value is -0.0800. The molecule has 1 aliphatic rings. The Morgan fingerprint density at radius 1 is 1.11 bits per heavy atom. The van der Waals surface area contributed by atoms with Crippen LogP contribution in [0.4, 0.5) is 0 Å². The molecule has 0 amide bonds. The zero-order valence-corrected chi connectivity index (χ0v) is 13.2. The molecule has 1 heterocycles. The van der Waals surface area contributed by atoms with E-state index in [-0.39, 0.29) is 0 Å². The molecule has 1 fully saturated rings. The lowest BCUT2D eigenvalue weighted by atomic mass is 9.93. The molecule has 108 valence electrons. The van der Waals surface area contributed by atoms with Gasteiger partial charge < -0.3 is 5.32 Å². The van der Waals surface area contributed by atoms with Gasteiger partial charge in [-0.3, -0.25) is 4.90 Å². The standard InChI is InChI=1S/C16H34N2/c1-6-13(5)16-12-18(11-14(7-2)8-3)15(9-4)10-17-16/h13-17H,6-12H2,1-5H3.